The number of aliphatic hydroxyl groups is 1. The van der Waals surface area contributed by atoms with E-state index in [1.807, 2.05) is 20.8 Å². The lowest BCUT2D eigenvalue weighted by Gasteiger charge is -2.31. The maximum Gasteiger partial charge on any atom is 0.245 e. The second-order valence-corrected chi connectivity index (χ2v) is 6.67. The van der Waals surface area contributed by atoms with Crippen LogP contribution in [0, 0.1) is 34.5 Å². The Balaban J connectivity index is 2.18. The van der Waals surface area contributed by atoms with Crippen LogP contribution < -0.4 is 5.32 Å². The number of hydrogen-bond donors (Lipinski definition) is 2. The molecular formula is C18H24N2O2. The zero-order valence-electron chi connectivity index (χ0n) is 13.6. The normalized spacial score (nSPS) is 22.1. The molecule has 1 atom stereocenters. The first-order valence-corrected chi connectivity index (χ1v) is 8.05. The van der Waals surface area contributed by atoms with E-state index in [1.54, 1.807) is 0 Å². The number of nitrogens with zero attached hydrogens (tertiary/aromatic N) is 1. The van der Waals surface area contributed by atoms with Gasteiger partial charge in [0.15, 0.2) is 0 Å². The summed E-state index contributed by atoms with van der Waals surface area (Å²) in [5, 5.41) is 23.1. The van der Waals surface area contributed by atoms with Gasteiger partial charge in [-0.15, -0.1) is 0 Å². The van der Waals surface area contributed by atoms with Gasteiger partial charge in [-0.1, -0.05) is 32.6 Å². The molecule has 2 saturated carbocycles. The molecule has 0 aliphatic heterocycles. The van der Waals surface area contributed by atoms with Gasteiger partial charge in [0.1, 0.15) is 5.60 Å². The van der Waals surface area contributed by atoms with Crippen LogP contribution >= 0.6 is 0 Å². The molecule has 2 fully saturated rings. The van der Waals surface area contributed by atoms with Crippen LogP contribution in [-0.2, 0) is 4.79 Å². The fraction of sp³-hybridized carbons (Fsp3) is 0.667. The summed E-state index contributed by atoms with van der Waals surface area (Å²) in [7, 11) is 0. The predicted molar refractivity (Wildman–Crippen MR) is 84.4 cm³/mol. The smallest absolute Gasteiger partial charge is 0.245 e. The van der Waals surface area contributed by atoms with Gasteiger partial charge in [0.2, 0.25) is 5.91 Å². The van der Waals surface area contributed by atoms with Crippen molar-refractivity contribution in [2.24, 2.45) is 11.3 Å². The molecule has 0 saturated heterocycles. The molecule has 118 valence electrons. The Labute approximate surface area is 132 Å². The van der Waals surface area contributed by atoms with Crippen molar-refractivity contribution in [3.05, 3.63) is 11.6 Å². The van der Waals surface area contributed by atoms with Crippen LogP contribution in [0.5, 0.6) is 0 Å². The SMILES string of the molecule is CC/C(C#CC(O)(C(C)C)C1(C#N)CC1)=C/C(=O)NC1CC1. The van der Waals surface area contributed by atoms with Crippen molar-refractivity contribution >= 4 is 5.91 Å². The van der Waals surface area contributed by atoms with E-state index in [0.29, 0.717) is 30.9 Å². The standard InChI is InChI=1S/C18H24N2O2/c1-4-14(11-16(21)20-15-5-6-15)7-8-18(22,13(2)3)17(12-19)9-10-17/h11,13,15,22H,4-6,9-10H2,1-3H3,(H,20,21)/b14-11-. The number of carbonyl (C=O) groups excluding carboxylic acids is 1. The Morgan fingerprint density at radius 3 is 2.55 bits per heavy atom. The van der Waals surface area contributed by atoms with Gasteiger partial charge in [-0.25, -0.2) is 0 Å². The summed E-state index contributed by atoms with van der Waals surface area (Å²) in [5.74, 6) is 5.59. The van der Waals surface area contributed by atoms with Gasteiger partial charge in [-0.2, -0.15) is 5.26 Å². The monoisotopic (exact) mass is 300 g/mol. The highest BCUT2D eigenvalue weighted by atomic mass is 16.3. The van der Waals surface area contributed by atoms with E-state index in [0.717, 1.165) is 12.8 Å². The van der Waals surface area contributed by atoms with Crippen LogP contribution in [0.3, 0.4) is 0 Å². The zero-order chi connectivity index (χ0) is 16.4. The summed E-state index contributed by atoms with van der Waals surface area (Å²) in [6.07, 6.45) is 5.59. The van der Waals surface area contributed by atoms with E-state index >= 15 is 0 Å². The van der Waals surface area contributed by atoms with Gasteiger partial charge in [0.25, 0.3) is 0 Å². The molecule has 22 heavy (non-hydrogen) atoms. The molecule has 1 unspecified atom stereocenters. The second kappa shape index (κ2) is 6.15. The van der Waals surface area contributed by atoms with Gasteiger partial charge >= 0.3 is 0 Å². The van der Waals surface area contributed by atoms with Crippen molar-refractivity contribution in [2.75, 3.05) is 0 Å². The average Bonchev–Trinajstić information content (AvgIpc) is 3.36. The zero-order valence-corrected chi connectivity index (χ0v) is 13.6. The third kappa shape index (κ3) is 3.34. The summed E-state index contributed by atoms with van der Waals surface area (Å²) in [6, 6.07) is 2.56. The van der Waals surface area contributed by atoms with Crippen molar-refractivity contribution in [1.82, 2.24) is 5.32 Å². The highest BCUT2D eigenvalue weighted by molar-refractivity contribution is 5.89. The molecule has 2 aliphatic carbocycles. The minimum absolute atomic E-state index is 0.122. The first-order valence-electron chi connectivity index (χ1n) is 8.05. The van der Waals surface area contributed by atoms with Crippen LogP contribution in [0.15, 0.2) is 11.6 Å². The second-order valence-electron chi connectivity index (χ2n) is 6.67. The average molecular weight is 300 g/mol. The topological polar surface area (TPSA) is 73.1 Å². The summed E-state index contributed by atoms with van der Waals surface area (Å²) < 4.78 is 0. The number of allylic oxidation sites excluding steroid dienone is 1. The Bertz CT molecular complexity index is 580. The molecule has 0 heterocycles. The van der Waals surface area contributed by atoms with Gasteiger partial charge in [-0.05, 0) is 38.0 Å². The molecule has 0 aromatic rings. The molecule has 2 aliphatic rings. The number of hydrogen-bond acceptors (Lipinski definition) is 3. The van der Waals surface area contributed by atoms with Crippen LogP contribution in [0.1, 0.15) is 52.9 Å². The predicted octanol–water partition coefficient (Wildman–Crippen LogP) is 2.30. The number of carbonyl (C=O) groups is 1. The third-order valence-corrected chi connectivity index (χ3v) is 4.55. The lowest BCUT2D eigenvalue weighted by molar-refractivity contribution is -0.116. The highest BCUT2D eigenvalue weighted by Crippen LogP contribution is 2.56. The fourth-order valence-electron chi connectivity index (χ4n) is 2.55. The number of rotatable bonds is 5. The van der Waals surface area contributed by atoms with Gasteiger partial charge < -0.3 is 10.4 Å². The van der Waals surface area contributed by atoms with Crippen molar-refractivity contribution in [3.63, 3.8) is 0 Å². The lowest BCUT2D eigenvalue weighted by atomic mass is 9.77. The van der Waals surface area contributed by atoms with E-state index in [9.17, 15) is 15.2 Å². The quantitative estimate of drug-likeness (QED) is 0.604. The summed E-state index contributed by atoms with van der Waals surface area (Å²) in [6.45, 7) is 5.68. The molecule has 0 spiro atoms. The molecule has 2 N–H and O–H groups in total. The third-order valence-electron chi connectivity index (χ3n) is 4.55. The minimum Gasteiger partial charge on any atom is -0.376 e. The minimum atomic E-state index is -1.32. The largest absolute Gasteiger partial charge is 0.376 e. The number of nitriles is 1. The van der Waals surface area contributed by atoms with Crippen molar-refractivity contribution in [1.29, 1.82) is 5.26 Å². The van der Waals surface area contributed by atoms with Crippen LogP contribution in [0.4, 0.5) is 0 Å². The molecule has 0 aromatic heterocycles. The summed E-state index contributed by atoms with van der Waals surface area (Å²) in [5.41, 5.74) is -1.38. The Kier molecular flexibility index (Phi) is 4.63. The Hall–Kier alpha value is -1.78. The van der Waals surface area contributed by atoms with E-state index in [2.05, 4.69) is 23.2 Å². The molecular weight excluding hydrogens is 276 g/mol. The molecule has 0 radical (unpaired) electrons. The molecule has 4 heteroatoms. The summed E-state index contributed by atoms with van der Waals surface area (Å²) in [4.78, 5) is 11.8. The molecule has 0 aromatic carbocycles. The summed E-state index contributed by atoms with van der Waals surface area (Å²) >= 11 is 0. The number of nitrogens with one attached hydrogen (secondary N) is 1. The van der Waals surface area contributed by atoms with Crippen LogP contribution in [-0.4, -0.2) is 22.7 Å². The fourth-order valence-corrected chi connectivity index (χ4v) is 2.55. The lowest BCUT2D eigenvalue weighted by Crippen LogP contribution is -2.42. The highest BCUT2D eigenvalue weighted by Gasteiger charge is 2.60. The molecule has 1 amide bonds. The van der Waals surface area contributed by atoms with Crippen molar-refractivity contribution < 1.29 is 9.90 Å². The van der Waals surface area contributed by atoms with E-state index in [4.69, 9.17) is 0 Å². The molecule has 0 bridgehead atoms. The van der Waals surface area contributed by atoms with Gasteiger partial charge in [-0.3, -0.25) is 4.79 Å². The Morgan fingerprint density at radius 2 is 2.14 bits per heavy atom. The van der Waals surface area contributed by atoms with E-state index < -0.39 is 11.0 Å². The maximum absolute atomic E-state index is 11.8. The van der Waals surface area contributed by atoms with Crippen LogP contribution in [0.25, 0.3) is 0 Å². The van der Waals surface area contributed by atoms with Crippen LogP contribution in [0.2, 0.25) is 0 Å². The molecule has 4 nitrogen and oxygen atoms in total. The van der Waals surface area contributed by atoms with E-state index in [1.165, 1.54) is 6.08 Å². The van der Waals surface area contributed by atoms with Gasteiger partial charge in [0.05, 0.1) is 11.5 Å². The van der Waals surface area contributed by atoms with Crippen molar-refractivity contribution in [3.8, 4) is 17.9 Å². The maximum atomic E-state index is 11.8. The van der Waals surface area contributed by atoms with E-state index in [-0.39, 0.29) is 11.8 Å². The Morgan fingerprint density at radius 1 is 1.50 bits per heavy atom. The number of amides is 1. The van der Waals surface area contributed by atoms with Gasteiger partial charge in [0, 0.05) is 17.7 Å². The van der Waals surface area contributed by atoms with Crippen molar-refractivity contribution in [2.45, 2.75) is 64.5 Å². The molecule has 2 rings (SSSR count). The first-order chi connectivity index (χ1) is 10.4. The first kappa shape index (κ1) is 16.6.